The zero-order valence-electron chi connectivity index (χ0n) is 7.89. The first-order chi connectivity index (χ1) is 6.27. The molecule has 1 saturated carbocycles. The molecule has 1 aliphatic rings. The molecule has 1 radical (unpaired) electrons. The van der Waals surface area contributed by atoms with Gasteiger partial charge in [0.2, 0.25) is 0 Å². The van der Waals surface area contributed by atoms with Crippen molar-refractivity contribution in [2.24, 2.45) is 0 Å². The Bertz CT molecular complexity index is 272. The quantitative estimate of drug-likeness (QED) is 0.646. The average molecular weight is 177 g/mol. The van der Waals surface area contributed by atoms with Crippen LogP contribution >= 0.6 is 0 Å². The first kappa shape index (κ1) is 8.74. The lowest BCUT2D eigenvalue weighted by atomic mass is 9.74. The van der Waals surface area contributed by atoms with E-state index in [1.807, 2.05) is 12.1 Å². The fraction of sp³-hybridized carbons (Fsp3) is 0.417. The minimum absolute atomic E-state index is 0.144. The van der Waals surface area contributed by atoms with Crippen LogP contribution in [0.1, 0.15) is 37.7 Å². The van der Waals surface area contributed by atoms with Gasteiger partial charge in [0.1, 0.15) is 5.82 Å². The van der Waals surface area contributed by atoms with Gasteiger partial charge in [-0.2, -0.15) is 0 Å². The highest BCUT2D eigenvalue weighted by Gasteiger charge is 2.25. The lowest BCUT2D eigenvalue weighted by Gasteiger charge is -2.31. The van der Waals surface area contributed by atoms with Crippen molar-refractivity contribution in [3.63, 3.8) is 0 Å². The van der Waals surface area contributed by atoms with Gasteiger partial charge in [-0.25, -0.2) is 4.39 Å². The van der Waals surface area contributed by atoms with E-state index in [2.05, 4.69) is 6.92 Å². The SMILES string of the molecule is CC([C]1CCC1)c1ccc(F)cc1. The lowest BCUT2D eigenvalue weighted by Crippen LogP contribution is -2.15. The number of halogens is 1. The van der Waals surface area contributed by atoms with E-state index in [-0.39, 0.29) is 5.82 Å². The molecule has 1 unspecified atom stereocenters. The minimum Gasteiger partial charge on any atom is -0.207 e. The fourth-order valence-corrected chi connectivity index (χ4v) is 1.80. The maximum absolute atomic E-state index is 12.6. The van der Waals surface area contributed by atoms with Crippen LogP contribution in [0.3, 0.4) is 0 Å². The van der Waals surface area contributed by atoms with Crippen molar-refractivity contribution in [2.75, 3.05) is 0 Å². The Labute approximate surface area is 78.8 Å². The second-order valence-electron chi connectivity index (χ2n) is 3.79. The van der Waals surface area contributed by atoms with Crippen LogP contribution in [0.15, 0.2) is 24.3 Å². The molecule has 0 aromatic heterocycles. The number of benzene rings is 1. The van der Waals surface area contributed by atoms with Crippen molar-refractivity contribution in [1.29, 1.82) is 0 Å². The molecule has 2 rings (SSSR count). The summed E-state index contributed by atoms with van der Waals surface area (Å²) in [6.07, 6.45) is 3.86. The van der Waals surface area contributed by atoms with Gasteiger partial charge in [0, 0.05) is 0 Å². The van der Waals surface area contributed by atoms with Crippen molar-refractivity contribution < 1.29 is 4.39 Å². The average Bonchev–Trinajstić information content (AvgIpc) is 2.02. The van der Waals surface area contributed by atoms with Crippen molar-refractivity contribution in [2.45, 2.75) is 32.1 Å². The molecule has 0 N–H and O–H groups in total. The van der Waals surface area contributed by atoms with Gasteiger partial charge in [0.05, 0.1) is 0 Å². The van der Waals surface area contributed by atoms with Gasteiger partial charge in [0.25, 0.3) is 0 Å². The largest absolute Gasteiger partial charge is 0.207 e. The summed E-state index contributed by atoms with van der Waals surface area (Å²) in [4.78, 5) is 0. The molecule has 0 amide bonds. The van der Waals surface area contributed by atoms with E-state index in [4.69, 9.17) is 0 Å². The number of hydrogen-bond donors (Lipinski definition) is 0. The van der Waals surface area contributed by atoms with E-state index in [1.54, 1.807) is 18.1 Å². The van der Waals surface area contributed by atoms with E-state index >= 15 is 0 Å². The van der Waals surface area contributed by atoms with Crippen molar-refractivity contribution in [1.82, 2.24) is 0 Å². The van der Waals surface area contributed by atoms with Gasteiger partial charge in [-0.3, -0.25) is 0 Å². The summed E-state index contributed by atoms with van der Waals surface area (Å²) in [5, 5.41) is 0. The van der Waals surface area contributed by atoms with E-state index in [0.29, 0.717) is 5.92 Å². The third-order valence-electron chi connectivity index (χ3n) is 2.98. The maximum atomic E-state index is 12.6. The van der Waals surface area contributed by atoms with E-state index < -0.39 is 0 Å². The Kier molecular flexibility index (Phi) is 2.34. The standard InChI is InChI=1S/C12H14F/c1-9(10-3-2-4-10)11-5-7-12(13)8-6-11/h5-9H,2-4H2,1H3. The zero-order valence-corrected chi connectivity index (χ0v) is 7.89. The first-order valence-electron chi connectivity index (χ1n) is 4.87. The molecule has 13 heavy (non-hydrogen) atoms. The summed E-state index contributed by atoms with van der Waals surface area (Å²) in [5.41, 5.74) is 1.25. The number of rotatable bonds is 2. The summed E-state index contributed by atoms with van der Waals surface area (Å²) < 4.78 is 12.6. The summed E-state index contributed by atoms with van der Waals surface area (Å²) in [6.45, 7) is 2.21. The van der Waals surface area contributed by atoms with Crippen molar-refractivity contribution in [3.05, 3.63) is 41.6 Å². The van der Waals surface area contributed by atoms with Gasteiger partial charge in [-0.1, -0.05) is 25.5 Å². The Morgan fingerprint density at radius 3 is 2.23 bits per heavy atom. The highest BCUT2D eigenvalue weighted by molar-refractivity contribution is 5.27. The zero-order chi connectivity index (χ0) is 9.26. The summed E-state index contributed by atoms with van der Waals surface area (Å²) in [7, 11) is 0. The molecule has 0 spiro atoms. The molecule has 1 aromatic rings. The molecular formula is C12H14F. The van der Waals surface area contributed by atoms with Gasteiger partial charge in [-0.05, 0) is 42.4 Å². The minimum atomic E-state index is -0.144. The molecule has 0 bridgehead atoms. The maximum Gasteiger partial charge on any atom is 0.123 e. The van der Waals surface area contributed by atoms with Crippen LogP contribution in [-0.2, 0) is 0 Å². The van der Waals surface area contributed by atoms with E-state index in [0.717, 1.165) is 0 Å². The lowest BCUT2D eigenvalue weighted by molar-refractivity contribution is 0.481. The molecule has 69 valence electrons. The normalized spacial score (nSPS) is 19.5. The van der Waals surface area contributed by atoms with E-state index in [9.17, 15) is 4.39 Å². The van der Waals surface area contributed by atoms with Gasteiger partial charge < -0.3 is 0 Å². The molecule has 1 aliphatic carbocycles. The number of hydrogen-bond acceptors (Lipinski definition) is 0. The third-order valence-corrected chi connectivity index (χ3v) is 2.98. The van der Waals surface area contributed by atoms with Crippen LogP contribution in [0.4, 0.5) is 4.39 Å². The summed E-state index contributed by atoms with van der Waals surface area (Å²) in [6, 6.07) is 6.88. The molecular weight excluding hydrogens is 163 g/mol. The molecule has 1 heteroatoms. The van der Waals surface area contributed by atoms with Crippen molar-refractivity contribution >= 4 is 0 Å². The summed E-state index contributed by atoms with van der Waals surface area (Å²) in [5.74, 6) is 2.00. The predicted molar refractivity (Wildman–Crippen MR) is 51.9 cm³/mol. The van der Waals surface area contributed by atoms with Crippen LogP contribution in [-0.4, -0.2) is 0 Å². The molecule has 0 nitrogen and oxygen atoms in total. The Morgan fingerprint density at radius 1 is 1.15 bits per heavy atom. The van der Waals surface area contributed by atoms with Crippen molar-refractivity contribution in [3.8, 4) is 0 Å². The monoisotopic (exact) mass is 177 g/mol. The van der Waals surface area contributed by atoms with Gasteiger partial charge >= 0.3 is 0 Å². The summed E-state index contributed by atoms with van der Waals surface area (Å²) >= 11 is 0. The first-order valence-corrected chi connectivity index (χ1v) is 4.87. The Balaban J connectivity index is 2.10. The van der Waals surface area contributed by atoms with Crippen LogP contribution in [0.2, 0.25) is 0 Å². The molecule has 0 saturated heterocycles. The van der Waals surface area contributed by atoms with Gasteiger partial charge in [-0.15, -0.1) is 0 Å². The predicted octanol–water partition coefficient (Wildman–Crippen LogP) is 3.69. The fourth-order valence-electron chi connectivity index (χ4n) is 1.80. The second kappa shape index (κ2) is 3.49. The third kappa shape index (κ3) is 1.74. The molecule has 0 aliphatic heterocycles. The highest BCUT2D eigenvalue weighted by atomic mass is 19.1. The highest BCUT2D eigenvalue weighted by Crippen LogP contribution is 2.40. The van der Waals surface area contributed by atoms with Crippen LogP contribution in [0.5, 0.6) is 0 Å². The van der Waals surface area contributed by atoms with Crippen LogP contribution < -0.4 is 0 Å². The Hall–Kier alpha value is -0.850. The molecule has 1 atom stereocenters. The van der Waals surface area contributed by atoms with Crippen LogP contribution in [0.25, 0.3) is 0 Å². The van der Waals surface area contributed by atoms with E-state index in [1.165, 1.54) is 24.8 Å². The Morgan fingerprint density at radius 2 is 1.77 bits per heavy atom. The topological polar surface area (TPSA) is 0 Å². The molecule has 1 fully saturated rings. The molecule has 1 aromatic carbocycles. The van der Waals surface area contributed by atoms with Crippen LogP contribution in [0, 0.1) is 11.7 Å². The van der Waals surface area contributed by atoms with Gasteiger partial charge in [0.15, 0.2) is 0 Å². The second-order valence-corrected chi connectivity index (χ2v) is 3.79. The smallest absolute Gasteiger partial charge is 0.123 e. The molecule has 0 heterocycles.